The molecule has 2 aliphatic rings. The first kappa shape index (κ1) is 11.5. The molecule has 18 heavy (non-hydrogen) atoms. The summed E-state index contributed by atoms with van der Waals surface area (Å²) in [5.41, 5.74) is 1.03. The maximum Gasteiger partial charge on any atom is 0.410 e. The third kappa shape index (κ3) is 2.20. The third-order valence-corrected chi connectivity index (χ3v) is 3.76. The van der Waals surface area contributed by atoms with Crippen molar-refractivity contribution in [2.24, 2.45) is 0 Å². The summed E-state index contributed by atoms with van der Waals surface area (Å²) in [4.78, 5) is 13.6. The summed E-state index contributed by atoms with van der Waals surface area (Å²) in [7, 11) is 0. The Bertz CT molecular complexity index is 448. The molecule has 2 aliphatic heterocycles. The van der Waals surface area contributed by atoms with Gasteiger partial charge in [0.25, 0.3) is 0 Å². The number of amides is 1. The summed E-state index contributed by atoms with van der Waals surface area (Å²) < 4.78 is 10.9. The fraction of sp³-hybridized carbons (Fsp3) is 0.500. The number of likely N-dealkylation sites (tertiary alicyclic amines) is 1. The average molecular weight is 247 g/mol. The molecule has 2 atom stereocenters. The standard InChI is InChI=1S/C14H17NO3/c1-14-7-8-15(9-12(14)18-14)13(16)17-10-11-5-3-2-4-6-11/h2-6,12H,7-10H2,1H3. The molecule has 1 aromatic carbocycles. The first-order valence-corrected chi connectivity index (χ1v) is 6.31. The van der Waals surface area contributed by atoms with E-state index >= 15 is 0 Å². The Balaban J connectivity index is 1.50. The van der Waals surface area contributed by atoms with Crippen molar-refractivity contribution in [2.45, 2.75) is 31.7 Å². The van der Waals surface area contributed by atoms with Gasteiger partial charge in [0.05, 0.1) is 12.1 Å². The second kappa shape index (κ2) is 4.28. The first-order chi connectivity index (χ1) is 8.67. The molecule has 0 spiro atoms. The van der Waals surface area contributed by atoms with Gasteiger partial charge in [0.2, 0.25) is 0 Å². The zero-order valence-electron chi connectivity index (χ0n) is 10.5. The van der Waals surface area contributed by atoms with Crippen LogP contribution in [0.4, 0.5) is 4.79 Å². The summed E-state index contributed by atoms with van der Waals surface area (Å²) in [6, 6.07) is 9.72. The number of piperidine rings is 1. The number of ether oxygens (including phenoxy) is 2. The quantitative estimate of drug-likeness (QED) is 0.752. The van der Waals surface area contributed by atoms with Crippen LogP contribution in [0.5, 0.6) is 0 Å². The van der Waals surface area contributed by atoms with E-state index in [1.807, 2.05) is 30.3 Å². The zero-order chi connectivity index (χ0) is 12.6. The number of hydrogen-bond donors (Lipinski definition) is 0. The van der Waals surface area contributed by atoms with E-state index in [1.165, 1.54) is 0 Å². The Labute approximate surface area is 106 Å². The average Bonchev–Trinajstić information content (AvgIpc) is 3.07. The molecule has 96 valence electrons. The minimum atomic E-state index is -0.239. The monoisotopic (exact) mass is 247 g/mol. The molecule has 4 heteroatoms. The van der Waals surface area contributed by atoms with Crippen LogP contribution in [0.15, 0.2) is 30.3 Å². The molecule has 0 N–H and O–H groups in total. The van der Waals surface area contributed by atoms with Crippen LogP contribution in [0.1, 0.15) is 18.9 Å². The van der Waals surface area contributed by atoms with Crippen LogP contribution in [-0.2, 0) is 16.1 Å². The van der Waals surface area contributed by atoms with E-state index in [4.69, 9.17) is 9.47 Å². The molecule has 2 fully saturated rings. The van der Waals surface area contributed by atoms with Crippen LogP contribution in [-0.4, -0.2) is 35.8 Å². The summed E-state index contributed by atoms with van der Waals surface area (Å²) >= 11 is 0. The fourth-order valence-corrected chi connectivity index (χ4v) is 2.37. The summed E-state index contributed by atoms with van der Waals surface area (Å²) in [6.07, 6.45) is 0.866. The molecule has 4 nitrogen and oxygen atoms in total. The summed E-state index contributed by atoms with van der Waals surface area (Å²) in [5, 5.41) is 0. The Morgan fingerprint density at radius 3 is 3.00 bits per heavy atom. The maximum absolute atomic E-state index is 11.9. The molecule has 0 bridgehead atoms. The smallest absolute Gasteiger partial charge is 0.410 e. The van der Waals surface area contributed by atoms with Crippen LogP contribution in [0.3, 0.4) is 0 Å². The topological polar surface area (TPSA) is 42.1 Å². The van der Waals surface area contributed by atoms with Crippen molar-refractivity contribution in [3.63, 3.8) is 0 Å². The Morgan fingerprint density at radius 1 is 1.50 bits per heavy atom. The predicted octanol–water partition coefficient (Wildman–Crippen LogP) is 2.19. The normalized spacial score (nSPS) is 29.6. The Kier molecular flexibility index (Phi) is 2.74. The molecule has 0 aromatic heterocycles. The number of benzene rings is 1. The lowest BCUT2D eigenvalue weighted by Crippen LogP contribution is -2.42. The van der Waals surface area contributed by atoms with E-state index in [0.29, 0.717) is 13.2 Å². The van der Waals surface area contributed by atoms with E-state index in [0.717, 1.165) is 18.5 Å². The molecule has 2 saturated heterocycles. The minimum absolute atomic E-state index is 0.0240. The van der Waals surface area contributed by atoms with Gasteiger partial charge in [0.1, 0.15) is 12.7 Å². The zero-order valence-corrected chi connectivity index (χ0v) is 10.5. The van der Waals surface area contributed by atoms with Crippen LogP contribution in [0.2, 0.25) is 0 Å². The second-order valence-corrected chi connectivity index (χ2v) is 5.16. The van der Waals surface area contributed by atoms with Gasteiger partial charge in [0, 0.05) is 6.54 Å². The molecule has 2 heterocycles. The van der Waals surface area contributed by atoms with Crippen LogP contribution >= 0.6 is 0 Å². The lowest BCUT2D eigenvalue weighted by Gasteiger charge is -2.26. The highest BCUT2D eigenvalue weighted by molar-refractivity contribution is 5.68. The largest absolute Gasteiger partial charge is 0.445 e. The van der Waals surface area contributed by atoms with Crippen LogP contribution in [0.25, 0.3) is 0 Å². The van der Waals surface area contributed by atoms with Gasteiger partial charge in [0.15, 0.2) is 0 Å². The number of hydrogen-bond acceptors (Lipinski definition) is 3. The number of epoxide rings is 1. The van der Waals surface area contributed by atoms with Gasteiger partial charge in [-0.3, -0.25) is 0 Å². The highest BCUT2D eigenvalue weighted by Crippen LogP contribution is 2.42. The van der Waals surface area contributed by atoms with Crippen molar-refractivity contribution in [2.75, 3.05) is 13.1 Å². The summed E-state index contributed by atoms with van der Waals surface area (Å²) in [6.45, 7) is 3.81. The molecule has 0 aliphatic carbocycles. The SMILES string of the molecule is CC12CCN(C(=O)OCc3ccccc3)CC1O2. The van der Waals surface area contributed by atoms with Crippen LogP contribution < -0.4 is 0 Å². The number of carbonyl (C=O) groups excluding carboxylic acids is 1. The van der Waals surface area contributed by atoms with Crippen molar-refractivity contribution in [3.8, 4) is 0 Å². The van der Waals surface area contributed by atoms with Crippen molar-refractivity contribution in [1.82, 2.24) is 4.90 Å². The Morgan fingerprint density at radius 2 is 2.28 bits per heavy atom. The Hall–Kier alpha value is -1.55. The number of carbonyl (C=O) groups is 1. The van der Waals surface area contributed by atoms with E-state index in [2.05, 4.69) is 6.92 Å². The van der Waals surface area contributed by atoms with Gasteiger partial charge in [-0.1, -0.05) is 30.3 Å². The second-order valence-electron chi connectivity index (χ2n) is 5.16. The highest BCUT2D eigenvalue weighted by atomic mass is 16.6. The fourth-order valence-electron chi connectivity index (χ4n) is 2.37. The highest BCUT2D eigenvalue weighted by Gasteiger charge is 2.55. The molecule has 1 amide bonds. The van der Waals surface area contributed by atoms with Crippen molar-refractivity contribution in [1.29, 1.82) is 0 Å². The van der Waals surface area contributed by atoms with Crippen LogP contribution in [0, 0.1) is 0 Å². The van der Waals surface area contributed by atoms with Gasteiger partial charge < -0.3 is 14.4 Å². The predicted molar refractivity (Wildman–Crippen MR) is 66.1 cm³/mol. The molecule has 2 unspecified atom stereocenters. The minimum Gasteiger partial charge on any atom is -0.445 e. The van der Waals surface area contributed by atoms with E-state index < -0.39 is 0 Å². The van der Waals surface area contributed by atoms with Crippen molar-refractivity contribution < 1.29 is 14.3 Å². The lowest BCUT2D eigenvalue weighted by atomic mass is 9.99. The van der Waals surface area contributed by atoms with Gasteiger partial charge in [-0.25, -0.2) is 4.79 Å². The summed E-state index contributed by atoms with van der Waals surface area (Å²) in [5.74, 6) is 0. The van der Waals surface area contributed by atoms with Crippen molar-refractivity contribution >= 4 is 6.09 Å². The number of nitrogens with zero attached hydrogens (tertiary/aromatic N) is 1. The molecular formula is C14H17NO3. The number of fused-ring (bicyclic) bond motifs is 1. The van der Waals surface area contributed by atoms with Gasteiger partial charge in [-0.15, -0.1) is 0 Å². The lowest BCUT2D eigenvalue weighted by molar-refractivity contribution is 0.0902. The molecule has 1 aromatic rings. The molecule has 0 radical (unpaired) electrons. The van der Waals surface area contributed by atoms with Gasteiger partial charge in [-0.2, -0.15) is 0 Å². The van der Waals surface area contributed by atoms with E-state index in [-0.39, 0.29) is 17.8 Å². The van der Waals surface area contributed by atoms with Gasteiger partial charge >= 0.3 is 6.09 Å². The van der Waals surface area contributed by atoms with Crippen molar-refractivity contribution in [3.05, 3.63) is 35.9 Å². The van der Waals surface area contributed by atoms with E-state index in [9.17, 15) is 4.79 Å². The third-order valence-electron chi connectivity index (χ3n) is 3.76. The first-order valence-electron chi connectivity index (χ1n) is 6.31. The molecule has 3 rings (SSSR count). The van der Waals surface area contributed by atoms with E-state index in [1.54, 1.807) is 4.90 Å². The van der Waals surface area contributed by atoms with Gasteiger partial charge in [-0.05, 0) is 18.9 Å². The molecule has 0 saturated carbocycles. The molecular weight excluding hydrogens is 230 g/mol. The number of rotatable bonds is 2. The maximum atomic E-state index is 11.9.